The molecule has 29 heavy (non-hydrogen) atoms. The molecular formula is C19H15N3O6S. The molecule has 2 aromatic carbocycles. The van der Waals surface area contributed by atoms with Crippen molar-refractivity contribution in [2.24, 2.45) is 4.99 Å². The number of nitro benzene ring substituents is 1. The molecule has 1 saturated heterocycles. The number of hydrogen-bond acceptors (Lipinski definition) is 7. The van der Waals surface area contributed by atoms with Crippen molar-refractivity contribution in [1.29, 1.82) is 0 Å². The molecule has 1 amide bonds. The van der Waals surface area contributed by atoms with Crippen LogP contribution in [0.2, 0.25) is 0 Å². The lowest BCUT2D eigenvalue weighted by Crippen LogP contribution is -2.28. The molecule has 0 saturated carbocycles. The van der Waals surface area contributed by atoms with Gasteiger partial charge in [0.25, 0.3) is 11.6 Å². The Morgan fingerprint density at radius 3 is 2.69 bits per heavy atom. The summed E-state index contributed by atoms with van der Waals surface area (Å²) in [6, 6.07) is 9.79. The molecule has 1 fully saturated rings. The molecule has 2 N–H and O–H groups in total. The van der Waals surface area contributed by atoms with Crippen molar-refractivity contribution in [3.63, 3.8) is 0 Å². The largest absolute Gasteiger partial charge is 0.507 e. The lowest BCUT2D eigenvalue weighted by Gasteiger charge is -2.12. The minimum atomic E-state index is -1.26. The van der Waals surface area contributed by atoms with E-state index in [4.69, 9.17) is 5.11 Å². The predicted molar refractivity (Wildman–Crippen MR) is 108 cm³/mol. The van der Waals surface area contributed by atoms with Crippen molar-refractivity contribution in [2.75, 3.05) is 6.54 Å². The monoisotopic (exact) mass is 413 g/mol. The van der Waals surface area contributed by atoms with Crippen LogP contribution in [0.3, 0.4) is 0 Å². The van der Waals surface area contributed by atoms with Crippen LogP contribution in [0.4, 0.5) is 11.4 Å². The Morgan fingerprint density at radius 1 is 1.31 bits per heavy atom. The Labute approximate surface area is 169 Å². The zero-order chi connectivity index (χ0) is 21.1. The number of likely N-dealkylation sites (N-methyl/N-ethyl adjacent to an activating group) is 1. The maximum Gasteiger partial charge on any atom is 0.339 e. The van der Waals surface area contributed by atoms with Crippen molar-refractivity contribution < 1.29 is 24.7 Å². The molecular weight excluding hydrogens is 398 g/mol. The van der Waals surface area contributed by atoms with Gasteiger partial charge >= 0.3 is 5.97 Å². The number of amides is 1. The number of rotatable bonds is 5. The minimum absolute atomic E-state index is 0.0787. The van der Waals surface area contributed by atoms with Crippen LogP contribution in [0.1, 0.15) is 22.8 Å². The Hall–Kier alpha value is -3.66. The number of amidine groups is 1. The first-order valence-electron chi connectivity index (χ1n) is 8.41. The minimum Gasteiger partial charge on any atom is -0.507 e. The SMILES string of the molecule is CCN1C(=O)/C(=C/c2cccc([N+](=O)[O-])c2)SC1=Nc1ccc(C(=O)O)c(O)c1. The van der Waals surface area contributed by atoms with Gasteiger partial charge in [0.05, 0.1) is 15.5 Å². The van der Waals surface area contributed by atoms with E-state index < -0.39 is 16.6 Å². The number of benzene rings is 2. The summed E-state index contributed by atoms with van der Waals surface area (Å²) in [6.45, 7) is 2.12. The lowest BCUT2D eigenvalue weighted by molar-refractivity contribution is -0.384. The molecule has 148 valence electrons. The molecule has 0 aliphatic carbocycles. The van der Waals surface area contributed by atoms with Crippen LogP contribution < -0.4 is 0 Å². The van der Waals surface area contributed by atoms with Gasteiger partial charge in [0, 0.05) is 24.7 Å². The zero-order valence-electron chi connectivity index (χ0n) is 15.1. The second-order valence-electron chi connectivity index (χ2n) is 5.91. The van der Waals surface area contributed by atoms with Crippen molar-refractivity contribution in [1.82, 2.24) is 4.90 Å². The van der Waals surface area contributed by atoms with E-state index in [1.165, 1.54) is 41.3 Å². The van der Waals surface area contributed by atoms with Crippen LogP contribution in [0.15, 0.2) is 52.4 Å². The number of aromatic carboxylic acids is 1. The highest BCUT2D eigenvalue weighted by molar-refractivity contribution is 8.18. The van der Waals surface area contributed by atoms with Crippen LogP contribution in [-0.2, 0) is 4.79 Å². The van der Waals surface area contributed by atoms with E-state index in [1.807, 2.05) is 0 Å². The summed E-state index contributed by atoms with van der Waals surface area (Å²) in [6.07, 6.45) is 1.55. The van der Waals surface area contributed by atoms with Gasteiger partial charge in [-0.3, -0.25) is 19.8 Å². The molecule has 0 bridgehead atoms. The molecule has 0 spiro atoms. The third kappa shape index (κ3) is 4.27. The topological polar surface area (TPSA) is 133 Å². The highest BCUT2D eigenvalue weighted by Crippen LogP contribution is 2.35. The Bertz CT molecular complexity index is 1080. The first-order valence-corrected chi connectivity index (χ1v) is 9.22. The lowest BCUT2D eigenvalue weighted by atomic mass is 10.2. The zero-order valence-corrected chi connectivity index (χ0v) is 15.9. The van der Waals surface area contributed by atoms with Crippen LogP contribution in [0.25, 0.3) is 6.08 Å². The smallest absolute Gasteiger partial charge is 0.339 e. The molecule has 1 aliphatic heterocycles. The third-order valence-electron chi connectivity index (χ3n) is 4.02. The van der Waals surface area contributed by atoms with E-state index in [0.29, 0.717) is 22.2 Å². The van der Waals surface area contributed by atoms with Gasteiger partial charge in [0.15, 0.2) is 5.17 Å². The average molecular weight is 413 g/mol. The summed E-state index contributed by atoms with van der Waals surface area (Å²) < 4.78 is 0. The molecule has 0 radical (unpaired) electrons. The number of carboxylic acids is 1. The normalized spacial score (nSPS) is 16.6. The van der Waals surface area contributed by atoms with Gasteiger partial charge in [-0.1, -0.05) is 12.1 Å². The number of aliphatic imine (C=N–C) groups is 1. The van der Waals surface area contributed by atoms with E-state index in [0.717, 1.165) is 11.8 Å². The van der Waals surface area contributed by atoms with Gasteiger partial charge < -0.3 is 10.2 Å². The van der Waals surface area contributed by atoms with Gasteiger partial charge in [-0.05, 0) is 42.5 Å². The van der Waals surface area contributed by atoms with Crippen LogP contribution in [0, 0.1) is 10.1 Å². The predicted octanol–water partition coefficient (Wildman–Crippen LogP) is 3.62. The highest BCUT2D eigenvalue weighted by Gasteiger charge is 2.32. The summed E-state index contributed by atoms with van der Waals surface area (Å²) in [5.41, 5.74) is 0.474. The molecule has 10 heteroatoms. The highest BCUT2D eigenvalue weighted by atomic mass is 32.2. The Balaban J connectivity index is 1.94. The number of thioether (sulfide) groups is 1. The molecule has 2 aromatic rings. The van der Waals surface area contributed by atoms with E-state index in [9.17, 15) is 24.8 Å². The molecule has 3 rings (SSSR count). The van der Waals surface area contributed by atoms with Gasteiger partial charge in [-0.2, -0.15) is 0 Å². The van der Waals surface area contributed by atoms with Crippen LogP contribution >= 0.6 is 11.8 Å². The quantitative estimate of drug-likeness (QED) is 0.434. The molecule has 1 heterocycles. The van der Waals surface area contributed by atoms with Gasteiger partial charge in [0.2, 0.25) is 0 Å². The van der Waals surface area contributed by atoms with Gasteiger partial charge in [-0.15, -0.1) is 0 Å². The van der Waals surface area contributed by atoms with Crippen LogP contribution in [0.5, 0.6) is 5.75 Å². The summed E-state index contributed by atoms with van der Waals surface area (Å²) in [4.78, 5) is 40.2. The molecule has 0 atom stereocenters. The van der Waals surface area contributed by atoms with E-state index in [-0.39, 0.29) is 22.8 Å². The van der Waals surface area contributed by atoms with Crippen LogP contribution in [-0.4, -0.2) is 43.6 Å². The fraction of sp³-hybridized carbons (Fsp3) is 0.105. The fourth-order valence-corrected chi connectivity index (χ4v) is 3.69. The second-order valence-corrected chi connectivity index (χ2v) is 6.92. The maximum absolute atomic E-state index is 12.7. The first kappa shape index (κ1) is 20.1. The fourth-order valence-electron chi connectivity index (χ4n) is 2.63. The average Bonchev–Trinajstić information content (AvgIpc) is 2.96. The number of non-ortho nitro benzene ring substituents is 1. The Kier molecular flexibility index (Phi) is 5.64. The summed E-state index contributed by atoms with van der Waals surface area (Å²) >= 11 is 1.09. The number of hydrogen-bond donors (Lipinski definition) is 2. The molecule has 9 nitrogen and oxygen atoms in total. The Morgan fingerprint density at radius 2 is 2.07 bits per heavy atom. The number of phenols is 1. The number of carbonyl (C=O) groups is 2. The standard InChI is InChI=1S/C19H15N3O6S/c1-2-21-17(24)16(9-11-4-3-5-13(8-11)22(27)28)29-19(21)20-12-6-7-14(18(25)26)15(23)10-12/h3-10,23H,2H2,1H3,(H,25,26)/b16-9-,20-19?. The van der Waals surface area contributed by atoms with Gasteiger partial charge in [-0.25, -0.2) is 9.79 Å². The summed E-state index contributed by atoms with van der Waals surface area (Å²) in [5, 5.41) is 30.1. The first-order chi connectivity index (χ1) is 13.8. The molecule has 0 aromatic heterocycles. The van der Waals surface area contributed by atoms with E-state index in [1.54, 1.807) is 19.1 Å². The maximum atomic E-state index is 12.7. The van der Waals surface area contributed by atoms with E-state index in [2.05, 4.69) is 4.99 Å². The number of carboxylic acid groups (broad SMARTS) is 1. The van der Waals surface area contributed by atoms with Gasteiger partial charge in [0.1, 0.15) is 11.3 Å². The number of aromatic hydroxyl groups is 1. The third-order valence-corrected chi connectivity index (χ3v) is 5.03. The van der Waals surface area contributed by atoms with Crippen molar-refractivity contribution in [2.45, 2.75) is 6.92 Å². The van der Waals surface area contributed by atoms with Crippen molar-refractivity contribution >= 4 is 46.3 Å². The summed E-state index contributed by atoms with van der Waals surface area (Å²) in [5.74, 6) is -1.98. The van der Waals surface area contributed by atoms with E-state index >= 15 is 0 Å². The number of carbonyl (C=O) groups excluding carboxylic acids is 1. The van der Waals surface area contributed by atoms with Crippen molar-refractivity contribution in [3.05, 3.63) is 68.6 Å². The molecule has 0 unspecified atom stereocenters. The number of nitro groups is 1. The molecule has 1 aliphatic rings. The number of nitrogens with zero attached hydrogens (tertiary/aromatic N) is 3. The summed E-state index contributed by atoms with van der Waals surface area (Å²) in [7, 11) is 0. The van der Waals surface area contributed by atoms with Crippen molar-refractivity contribution in [3.8, 4) is 5.75 Å². The second kappa shape index (κ2) is 8.15.